The molecule has 0 unspecified atom stereocenters. The number of aryl methyl sites for hydroxylation is 3. The van der Waals surface area contributed by atoms with Gasteiger partial charge in [0.15, 0.2) is 4.96 Å². The molecule has 0 bridgehead atoms. The minimum Gasteiger partial charge on any atom is -0.293 e. The molecule has 0 saturated carbocycles. The van der Waals surface area contributed by atoms with Crippen molar-refractivity contribution in [1.29, 1.82) is 0 Å². The first-order valence-electron chi connectivity index (χ1n) is 10.7. The molecule has 160 valence electrons. The third-order valence-corrected chi connectivity index (χ3v) is 8.49. The molecule has 0 radical (unpaired) electrons. The molecule has 1 aliphatic carbocycles. The molecule has 32 heavy (non-hydrogen) atoms. The highest BCUT2D eigenvalue weighted by Crippen LogP contribution is 2.35. The van der Waals surface area contributed by atoms with Crippen LogP contribution in [0.1, 0.15) is 34.7 Å². The minimum absolute atomic E-state index is 0.0652. The van der Waals surface area contributed by atoms with E-state index in [1.165, 1.54) is 16.2 Å². The van der Waals surface area contributed by atoms with Crippen molar-refractivity contribution in [2.24, 2.45) is 0 Å². The topological polar surface area (TPSA) is 69.3 Å². The summed E-state index contributed by atoms with van der Waals surface area (Å²) in [7, 11) is 0. The summed E-state index contributed by atoms with van der Waals surface area (Å²) in [5, 5.41) is 0.640. The second-order valence-electron chi connectivity index (χ2n) is 8.16. The molecule has 0 atom stereocenters. The number of hydrogen-bond donors (Lipinski definition) is 0. The average molecular weight is 461 g/mol. The largest absolute Gasteiger partial charge is 0.293 e. The minimum atomic E-state index is -0.0987. The number of thiophene rings is 1. The van der Waals surface area contributed by atoms with E-state index < -0.39 is 0 Å². The van der Waals surface area contributed by atoms with E-state index in [-0.39, 0.29) is 17.7 Å². The van der Waals surface area contributed by atoms with Gasteiger partial charge in [0, 0.05) is 21.5 Å². The molecule has 0 amide bonds. The summed E-state index contributed by atoms with van der Waals surface area (Å²) in [5.74, 6) is 0. The molecule has 4 heterocycles. The van der Waals surface area contributed by atoms with Crippen molar-refractivity contribution in [2.45, 2.75) is 39.2 Å². The monoisotopic (exact) mass is 460 g/mol. The lowest BCUT2D eigenvalue weighted by atomic mass is 10.0. The molecule has 1 aromatic carbocycles. The van der Waals surface area contributed by atoms with Crippen LogP contribution in [0.4, 0.5) is 0 Å². The molecular formula is C24H20N4O2S2. The fraction of sp³-hybridized carbons (Fsp3) is 0.250. The lowest BCUT2D eigenvalue weighted by Crippen LogP contribution is -2.24. The summed E-state index contributed by atoms with van der Waals surface area (Å²) >= 11 is 3.13. The number of aromatic nitrogens is 4. The van der Waals surface area contributed by atoms with Gasteiger partial charge >= 0.3 is 0 Å². The van der Waals surface area contributed by atoms with Gasteiger partial charge in [-0.3, -0.25) is 18.6 Å². The summed E-state index contributed by atoms with van der Waals surface area (Å²) in [6, 6.07) is 11.6. The summed E-state index contributed by atoms with van der Waals surface area (Å²) in [5.41, 5.74) is 3.57. The fourth-order valence-corrected chi connectivity index (χ4v) is 6.91. The van der Waals surface area contributed by atoms with Gasteiger partial charge < -0.3 is 0 Å². The van der Waals surface area contributed by atoms with E-state index >= 15 is 0 Å². The van der Waals surface area contributed by atoms with E-state index in [0.29, 0.717) is 11.1 Å². The van der Waals surface area contributed by atoms with Crippen molar-refractivity contribution >= 4 is 37.9 Å². The zero-order chi connectivity index (χ0) is 21.8. The molecular weight excluding hydrogens is 440 g/mol. The molecule has 5 aromatic rings. The fourth-order valence-electron chi connectivity index (χ4n) is 4.53. The quantitative estimate of drug-likeness (QED) is 0.399. The Kier molecular flexibility index (Phi) is 4.58. The molecule has 0 spiro atoms. The third kappa shape index (κ3) is 3.05. The summed E-state index contributed by atoms with van der Waals surface area (Å²) < 4.78 is 3.31. The van der Waals surface area contributed by atoms with E-state index in [0.717, 1.165) is 57.2 Å². The SMILES string of the molecule is Cc1c(-c2ccccc2)sc2ncn(Cc3cc(=O)n4c5c(sc4n3)CCCC5)c(=O)c12. The first kappa shape index (κ1) is 19.6. The maximum Gasteiger partial charge on any atom is 0.262 e. The predicted molar refractivity (Wildman–Crippen MR) is 129 cm³/mol. The van der Waals surface area contributed by atoms with Crippen LogP contribution >= 0.6 is 22.7 Å². The number of nitrogens with zero attached hydrogens (tertiary/aromatic N) is 4. The summed E-state index contributed by atoms with van der Waals surface area (Å²) in [4.78, 5) is 39.3. The smallest absolute Gasteiger partial charge is 0.262 e. The Morgan fingerprint density at radius 2 is 1.88 bits per heavy atom. The van der Waals surface area contributed by atoms with E-state index in [1.807, 2.05) is 37.3 Å². The second kappa shape index (κ2) is 7.50. The van der Waals surface area contributed by atoms with E-state index in [2.05, 4.69) is 4.98 Å². The molecule has 8 heteroatoms. The van der Waals surface area contributed by atoms with Crippen LogP contribution in [0.5, 0.6) is 0 Å². The number of fused-ring (bicyclic) bond motifs is 4. The molecule has 1 aliphatic rings. The number of thiazole rings is 1. The number of benzene rings is 1. The first-order chi connectivity index (χ1) is 15.6. The lowest BCUT2D eigenvalue weighted by molar-refractivity contribution is 0.668. The standard InChI is InChI=1S/C24H20N4O2S2/c1-14-20-22(32-21(14)15-7-3-2-4-8-15)25-13-27(23(20)30)12-16-11-19(29)28-17-9-5-6-10-18(17)31-24(28)26-16/h2-4,7-8,11,13H,5-6,9-10,12H2,1H3. The summed E-state index contributed by atoms with van der Waals surface area (Å²) in [6.45, 7) is 2.20. The molecule has 0 fully saturated rings. The van der Waals surface area contributed by atoms with E-state index in [9.17, 15) is 9.59 Å². The van der Waals surface area contributed by atoms with Gasteiger partial charge in [-0.05, 0) is 43.7 Å². The third-order valence-electron chi connectivity index (χ3n) is 6.10. The van der Waals surface area contributed by atoms with Crippen LogP contribution in [0.3, 0.4) is 0 Å². The van der Waals surface area contributed by atoms with Crippen molar-refractivity contribution in [3.63, 3.8) is 0 Å². The van der Waals surface area contributed by atoms with Gasteiger partial charge in [0.1, 0.15) is 4.83 Å². The van der Waals surface area contributed by atoms with Gasteiger partial charge in [0.05, 0.1) is 24.0 Å². The van der Waals surface area contributed by atoms with Crippen LogP contribution in [0.25, 0.3) is 25.6 Å². The van der Waals surface area contributed by atoms with Gasteiger partial charge in [-0.15, -0.1) is 22.7 Å². The number of rotatable bonds is 3. The number of hydrogen-bond acceptors (Lipinski definition) is 6. The van der Waals surface area contributed by atoms with E-state index in [1.54, 1.807) is 32.7 Å². The Morgan fingerprint density at radius 3 is 2.72 bits per heavy atom. The maximum atomic E-state index is 13.3. The van der Waals surface area contributed by atoms with Crippen molar-refractivity contribution in [1.82, 2.24) is 18.9 Å². The van der Waals surface area contributed by atoms with Crippen molar-refractivity contribution in [3.8, 4) is 10.4 Å². The van der Waals surface area contributed by atoms with Crippen LogP contribution in [0, 0.1) is 6.92 Å². The first-order valence-corrected chi connectivity index (χ1v) is 12.3. The average Bonchev–Trinajstić information content (AvgIpc) is 3.34. The lowest BCUT2D eigenvalue weighted by Gasteiger charge is -2.10. The van der Waals surface area contributed by atoms with Gasteiger partial charge in [-0.2, -0.15) is 0 Å². The van der Waals surface area contributed by atoms with Crippen LogP contribution in [-0.2, 0) is 19.4 Å². The molecule has 0 saturated heterocycles. The molecule has 6 rings (SSSR count). The maximum absolute atomic E-state index is 13.3. The second-order valence-corrected chi connectivity index (χ2v) is 10.2. The molecule has 0 N–H and O–H groups in total. The van der Waals surface area contributed by atoms with Crippen LogP contribution in [-0.4, -0.2) is 18.9 Å². The summed E-state index contributed by atoms with van der Waals surface area (Å²) in [6.07, 6.45) is 5.78. The Labute approximate surface area is 191 Å². The Hall–Kier alpha value is -3.10. The van der Waals surface area contributed by atoms with Crippen LogP contribution in [0.2, 0.25) is 0 Å². The molecule has 4 aromatic heterocycles. The van der Waals surface area contributed by atoms with Gasteiger partial charge in [-0.25, -0.2) is 9.97 Å². The zero-order valence-corrected chi connectivity index (χ0v) is 19.1. The molecule has 0 aliphatic heterocycles. The van der Waals surface area contributed by atoms with E-state index in [4.69, 9.17) is 4.98 Å². The van der Waals surface area contributed by atoms with Crippen LogP contribution in [0.15, 0.2) is 52.3 Å². The predicted octanol–water partition coefficient (Wildman–Crippen LogP) is 4.43. The normalized spacial score (nSPS) is 13.7. The highest BCUT2D eigenvalue weighted by Gasteiger charge is 2.19. The Balaban J connectivity index is 1.43. The molecule has 6 nitrogen and oxygen atoms in total. The highest BCUT2D eigenvalue weighted by molar-refractivity contribution is 7.22. The highest BCUT2D eigenvalue weighted by atomic mass is 32.1. The van der Waals surface area contributed by atoms with Crippen molar-refractivity contribution in [3.05, 3.63) is 85.3 Å². The van der Waals surface area contributed by atoms with Crippen LogP contribution < -0.4 is 11.1 Å². The van der Waals surface area contributed by atoms with Crippen molar-refractivity contribution < 1.29 is 0 Å². The Bertz CT molecular complexity index is 1610. The van der Waals surface area contributed by atoms with Gasteiger partial charge in [0.2, 0.25) is 0 Å². The zero-order valence-electron chi connectivity index (χ0n) is 17.5. The Morgan fingerprint density at radius 1 is 1.06 bits per heavy atom. The van der Waals surface area contributed by atoms with Gasteiger partial charge in [0.25, 0.3) is 11.1 Å². The van der Waals surface area contributed by atoms with Gasteiger partial charge in [-0.1, -0.05) is 30.3 Å². The van der Waals surface area contributed by atoms with Crippen molar-refractivity contribution in [2.75, 3.05) is 0 Å².